The van der Waals surface area contributed by atoms with Crippen molar-refractivity contribution < 1.29 is 0 Å². The molecule has 0 amide bonds. The van der Waals surface area contributed by atoms with E-state index in [0.29, 0.717) is 6.04 Å². The van der Waals surface area contributed by atoms with Crippen LogP contribution in [-0.2, 0) is 0 Å². The Kier molecular flexibility index (Phi) is 7.03. The molecule has 0 aromatic carbocycles. The highest BCUT2D eigenvalue weighted by molar-refractivity contribution is 8.06. The Morgan fingerprint density at radius 3 is 2.94 bits per heavy atom. The van der Waals surface area contributed by atoms with E-state index in [4.69, 9.17) is 0 Å². The van der Waals surface area contributed by atoms with Gasteiger partial charge in [0.25, 0.3) is 0 Å². The van der Waals surface area contributed by atoms with Gasteiger partial charge in [0.15, 0.2) is 0 Å². The van der Waals surface area contributed by atoms with Crippen molar-refractivity contribution in [3.05, 3.63) is 11.6 Å². The molecule has 1 N–H and O–H groups in total. The lowest BCUT2D eigenvalue weighted by Gasteiger charge is -2.32. The first kappa shape index (κ1) is 14.8. The van der Waals surface area contributed by atoms with Crippen LogP contribution >= 0.6 is 23.5 Å². The summed E-state index contributed by atoms with van der Waals surface area (Å²) in [6.45, 7) is 3.35. The fourth-order valence-electron chi connectivity index (χ4n) is 2.92. The molecule has 0 bridgehead atoms. The average Bonchev–Trinajstić information content (AvgIpc) is 2.38. The largest absolute Gasteiger partial charge is 0.310 e. The van der Waals surface area contributed by atoms with Gasteiger partial charge in [-0.15, -0.1) is 0 Å². The SMILES string of the molecule is CCNC(C1=CCCCCCC1)C1CSCCS1. The Balaban J connectivity index is 2.01. The number of likely N-dealkylation sites (N-methyl/N-ethyl adjacent to an activating group) is 1. The first-order chi connectivity index (χ1) is 8.92. The van der Waals surface area contributed by atoms with Gasteiger partial charge in [-0.05, 0) is 32.2 Å². The van der Waals surface area contributed by atoms with Crippen molar-refractivity contribution in [1.82, 2.24) is 5.32 Å². The Hall–Kier alpha value is 0.400. The number of thioether (sulfide) groups is 2. The third-order valence-electron chi connectivity index (χ3n) is 3.86. The fraction of sp³-hybridized carbons (Fsp3) is 0.867. The fourth-order valence-corrected chi connectivity index (χ4v) is 5.81. The van der Waals surface area contributed by atoms with E-state index < -0.39 is 0 Å². The maximum Gasteiger partial charge on any atom is 0.0407 e. The Morgan fingerprint density at radius 2 is 2.17 bits per heavy atom. The predicted molar refractivity (Wildman–Crippen MR) is 86.8 cm³/mol. The molecule has 0 saturated carbocycles. The summed E-state index contributed by atoms with van der Waals surface area (Å²) >= 11 is 4.34. The maximum absolute atomic E-state index is 3.77. The first-order valence-corrected chi connectivity index (χ1v) is 9.74. The molecule has 3 heteroatoms. The number of hydrogen-bond acceptors (Lipinski definition) is 3. The second kappa shape index (κ2) is 8.55. The van der Waals surface area contributed by atoms with Crippen molar-refractivity contribution >= 4 is 23.5 Å². The molecule has 0 aromatic rings. The van der Waals surface area contributed by atoms with Crippen molar-refractivity contribution in [2.45, 2.75) is 56.7 Å². The summed E-state index contributed by atoms with van der Waals surface area (Å²) in [4.78, 5) is 0. The zero-order chi connectivity index (χ0) is 12.6. The van der Waals surface area contributed by atoms with Crippen molar-refractivity contribution in [3.8, 4) is 0 Å². The van der Waals surface area contributed by atoms with Gasteiger partial charge in [-0.25, -0.2) is 0 Å². The lowest BCUT2D eigenvalue weighted by Crippen LogP contribution is -2.42. The minimum atomic E-state index is 0.644. The van der Waals surface area contributed by atoms with Crippen LogP contribution in [-0.4, -0.2) is 35.1 Å². The van der Waals surface area contributed by atoms with Gasteiger partial charge in [-0.1, -0.05) is 31.4 Å². The van der Waals surface area contributed by atoms with Gasteiger partial charge < -0.3 is 5.32 Å². The topological polar surface area (TPSA) is 12.0 Å². The standard InChI is InChI=1S/C15H27NS2/c1-2-16-15(14-12-17-10-11-18-14)13-8-6-4-3-5-7-9-13/h8,14-16H,2-7,9-12H2,1H3. The van der Waals surface area contributed by atoms with E-state index in [1.807, 2.05) is 0 Å². The van der Waals surface area contributed by atoms with Crippen LogP contribution in [0.2, 0.25) is 0 Å². The maximum atomic E-state index is 3.77. The quantitative estimate of drug-likeness (QED) is 0.781. The monoisotopic (exact) mass is 285 g/mol. The van der Waals surface area contributed by atoms with Gasteiger partial charge in [0.1, 0.15) is 0 Å². The normalized spacial score (nSPS) is 28.1. The molecule has 104 valence electrons. The summed E-state index contributed by atoms with van der Waals surface area (Å²) in [6, 6.07) is 0.644. The highest BCUT2D eigenvalue weighted by Crippen LogP contribution is 2.31. The zero-order valence-corrected chi connectivity index (χ0v) is 13.3. The van der Waals surface area contributed by atoms with E-state index in [1.165, 1.54) is 55.8 Å². The van der Waals surface area contributed by atoms with Crippen LogP contribution in [0.5, 0.6) is 0 Å². The summed E-state index contributed by atoms with van der Waals surface area (Å²) in [5.74, 6) is 4.02. The molecule has 0 aromatic heterocycles. The first-order valence-electron chi connectivity index (χ1n) is 7.53. The Labute approximate surface area is 121 Å². The summed E-state index contributed by atoms with van der Waals surface area (Å²) in [7, 11) is 0. The van der Waals surface area contributed by atoms with Gasteiger partial charge in [0.2, 0.25) is 0 Å². The van der Waals surface area contributed by atoms with Crippen LogP contribution < -0.4 is 5.32 Å². The van der Waals surface area contributed by atoms with E-state index in [0.717, 1.165) is 11.8 Å². The van der Waals surface area contributed by atoms with Crippen molar-refractivity contribution in [3.63, 3.8) is 0 Å². The molecule has 2 unspecified atom stereocenters. The number of allylic oxidation sites excluding steroid dienone is 1. The minimum Gasteiger partial charge on any atom is -0.310 e. The summed E-state index contributed by atoms with van der Waals surface area (Å²) < 4.78 is 0. The number of hydrogen-bond donors (Lipinski definition) is 1. The second-order valence-electron chi connectivity index (χ2n) is 5.25. The molecule has 0 radical (unpaired) electrons. The average molecular weight is 286 g/mol. The second-order valence-corrected chi connectivity index (χ2v) is 7.75. The minimum absolute atomic E-state index is 0.644. The van der Waals surface area contributed by atoms with E-state index in [2.05, 4.69) is 41.8 Å². The van der Waals surface area contributed by atoms with Crippen molar-refractivity contribution in [1.29, 1.82) is 0 Å². The van der Waals surface area contributed by atoms with Gasteiger partial charge in [-0.2, -0.15) is 23.5 Å². The van der Waals surface area contributed by atoms with Gasteiger partial charge >= 0.3 is 0 Å². The van der Waals surface area contributed by atoms with Crippen molar-refractivity contribution in [2.75, 3.05) is 23.8 Å². The van der Waals surface area contributed by atoms with Crippen LogP contribution in [0.25, 0.3) is 0 Å². The summed E-state index contributed by atoms with van der Waals surface area (Å²) in [5, 5.41) is 4.57. The molecule has 1 nitrogen and oxygen atoms in total. The Bertz CT molecular complexity index is 259. The Morgan fingerprint density at radius 1 is 1.28 bits per heavy atom. The number of rotatable bonds is 4. The van der Waals surface area contributed by atoms with Crippen LogP contribution in [0.3, 0.4) is 0 Å². The van der Waals surface area contributed by atoms with Crippen LogP contribution in [0.4, 0.5) is 0 Å². The van der Waals surface area contributed by atoms with Crippen LogP contribution in [0.15, 0.2) is 11.6 Å². The third kappa shape index (κ3) is 4.50. The van der Waals surface area contributed by atoms with Gasteiger partial charge in [-0.3, -0.25) is 0 Å². The lowest BCUT2D eigenvalue weighted by molar-refractivity contribution is 0.536. The van der Waals surface area contributed by atoms with E-state index >= 15 is 0 Å². The number of nitrogens with one attached hydrogen (secondary N) is 1. The smallest absolute Gasteiger partial charge is 0.0407 e. The molecule has 1 aliphatic carbocycles. The molecule has 1 saturated heterocycles. The molecule has 18 heavy (non-hydrogen) atoms. The molecule has 1 fully saturated rings. The molecule has 0 spiro atoms. The van der Waals surface area contributed by atoms with E-state index in [1.54, 1.807) is 5.57 Å². The van der Waals surface area contributed by atoms with Crippen LogP contribution in [0, 0.1) is 0 Å². The zero-order valence-electron chi connectivity index (χ0n) is 11.6. The summed E-state index contributed by atoms with van der Waals surface area (Å²) in [5.41, 5.74) is 1.72. The summed E-state index contributed by atoms with van der Waals surface area (Å²) in [6.07, 6.45) is 10.9. The predicted octanol–water partition coefficient (Wildman–Crippen LogP) is 4.09. The third-order valence-corrected chi connectivity index (χ3v) is 6.73. The van der Waals surface area contributed by atoms with Crippen molar-refractivity contribution in [2.24, 2.45) is 0 Å². The van der Waals surface area contributed by atoms with Crippen LogP contribution in [0.1, 0.15) is 45.4 Å². The van der Waals surface area contributed by atoms with Gasteiger partial charge in [0.05, 0.1) is 0 Å². The van der Waals surface area contributed by atoms with Gasteiger partial charge in [0, 0.05) is 28.6 Å². The molecular weight excluding hydrogens is 258 g/mol. The highest BCUT2D eigenvalue weighted by Gasteiger charge is 2.26. The molecular formula is C15H27NS2. The van der Waals surface area contributed by atoms with E-state index in [-0.39, 0.29) is 0 Å². The molecule has 2 atom stereocenters. The molecule has 1 aliphatic heterocycles. The van der Waals surface area contributed by atoms with E-state index in [9.17, 15) is 0 Å². The highest BCUT2D eigenvalue weighted by atomic mass is 32.2. The molecule has 1 heterocycles. The molecule has 2 rings (SSSR count). The lowest BCUT2D eigenvalue weighted by atomic mass is 9.93. The molecule has 2 aliphatic rings.